The zero-order valence-corrected chi connectivity index (χ0v) is 10.3. The van der Waals surface area contributed by atoms with Gasteiger partial charge >= 0.3 is 0 Å². The van der Waals surface area contributed by atoms with Crippen molar-refractivity contribution < 1.29 is 0 Å². The molecule has 0 saturated heterocycles. The summed E-state index contributed by atoms with van der Waals surface area (Å²) in [7, 11) is 0. The molecule has 1 aliphatic carbocycles. The Morgan fingerprint density at radius 3 is 2.80 bits per heavy atom. The molecule has 0 N–H and O–H groups in total. The molecule has 1 fully saturated rings. The van der Waals surface area contributed by atoms with E-state index in [0.717, 1.165) is 10.4 Å². The van der Waals surface area contributed by atoms with Crippen LogP contribution in [-0.2, 0) is 0 Å². The number of pyridine rings is 1. The Morgan fingerprint density at radius 2 is 2.07 bits per heavy atom. The van der Waals surface area contributed by atoms with Gasteiger partial charge in [0, 0.05) is 6.21 Å². The number of aliphatic imine (C=N–C) groups is 1. The van der Waals surface area contributed by atoms with E-state index >= 15 is 0 Å². The summed E-state index contributed by atoms with van der Waals surface area (Å²) < 4.78 is 0.848. The highest BCUT2D eigenvalue weighted by Crippen LogP contribution is 2.23. The molecule has 3 heteroatoms. The minimum Gasteiger partial charge on any atom is -0.241 e. The maximum atomic E-state index is 4.42. The summed E-state index contributed by atoms with van der Waals surface area (Å²) in [6, 6.07) is 5.81. The molecule has 1 aromatic rings. The Hall–Kier alpha value is -0.700. The molecule has 80 valence electrons. The smallest absolute Gasteiger partial charge is 0.152 e. The summed E-state index contributed by atoms with van der Waals surface area (Å²) >= 11 is 3.34. The molecular weight excluding hydrogens is 252 g/mol. The third kappa shape index (κ3) is 3.42. The first-order valence-electron chi connectivity index (χ1n) is 5.51. The zero-order chi connectivity index (χ0) is 10.5. The van der Waals surface area contributed by atoms with Crippen LogP contribution in [0.3, 0.4) is 0 Å². The topological polar surface area (TPSA) is 25.2 Å². The molecule has 0 spiro atoms. The van der Waals surface area contributed by atoms with Gasteiger partial charge in [-0.2, -0.15) is 0 Å². The van der Waals surface area contributed by atoms with Crippen LogP contribution in [0, 0.1) is 5.92 Å². The molecule has 2 rings (SSSR count). The normalized spacial score (nSPS) is 18.5. The van der Waals surface area contributed by atoms with E-state index < -0.39 is 0 Å². The van der Waals surface area contributed by atoms with Crippen molar-refractivity contribution in [2.45, 2.75) is 32.1 Å². The molecule has 0 bridgehead atoms. The molecule has 2 nitrogen and oxygen atoms in total. The van der Waals surface area contributed by atoms with Gasteiger partial charge in [-0.15, -0.1) is 0 Å². The van der Waals surface area contributed by atoms with Crippen molar-refractivity contribution in [3.05, 3.63) is 22.8 Å². The van der Waals surface area contributed by atoms with Gasteiger partial charge in [-0.1, -0.05) is 25.3 Å². The standard InChI is InChI=1S/C12H15BrN2/c13-11-7-4-8-12(15-11)14-9-10-5-2-1-3-6-10/h4,7-10H,1-3,5-6H2. The van der Waals surface area contributed by atoms with Crippen LogP contribution in [0.1, 0.15) is 32.1 Å². The number of hydrogen-bond donors (Lipinski definition) is 0. The van der Waals surface area contributed by atoms with E-state index in [2.05, 4.69) is 32.1 Å². The molecule has 0 radical (unpaired) electrons. The third-order valence-electron chi connectivity index (χ3n) is 2.77. The van der Waals surface area contributed by atoms with Crippen molar-refractivity contribution in [1.29, 1.82) is 0 Å². The van der Waals surface area contributed by atoms with E-state index in [-0.39, 0.29) is 0 Å². The van der Waals surface area contributed by atoms with Gasteiger partial charge in [0.2, 0.25) is 0 Å². The van der Waals surface area contributed by atoms with Crippen molar-refractivity contribution in [2.75, 3.05) is 0 Å². The Bertz CT molecular complexity index is 343. The van der Waals surface area contributed by atoms with Gasteiger partial charge in [-0.25, -0.2) is 9.98 Å². The predicted molar refractivity (Wildman–Crippen MR) is 66.7 cm³/mol. The van der Waals surface area contributed by atoms with Gasteiger partial charge in [0.1, 0.15) is 4.60 Å². The highest BCUT2D eigenvalue weighted by atomic mass is 79.9. The number of aromatic nitrogens is 1. The lowest BCUT2D eigenvalue weighted by Gasteiger charge is -2.16. The predicted octanol–water partition coefficient (Wildman–Crippen LogP) is 4.13. The number of rotatable bonds is 2. The van der Waals surface area contributed by atoms with Crippen molar-refractivity contribution in [3.8, 4) is 0 Å². The monoisotopic (exact) mass is 266 g/mol. The molecule has 1 saturated carbocycles. The summed E-state index contributed by atoms with van der Waals surface area (Å²) in [5.41, 5.74) is 0. The molecule has 15 heavy (non-hydrogen) atoms. The fourth-order valence-electron chi connectivity index (χ4n) is 1.93. The lowest BCUT2D eigenvalue weighted by molar-refractivity contribution is 0.445. The van der Waals surface area contributed by atoms with Crippen molar-refractivity contribution in [1.82, 2.24) is 4.98 Å². The minimum absolute atomic E-state index is 0.666. The van der Waals surface area contributed by atoms with Gasteiger partial charge in [0.05, 0.1) is 0 Å². The van der Waals surface area contributed by atoms with E-state index in [1.807, 2.05) is 18.2 Å². The molecule has 1 heterocycles. The summed E-state index contributed by atoms with van der Waals surface area (Å²) in [5.74, 6) is 1.47. The minimum atomic E-state index is 0.666. The quantitative estimate of drug-likeness (QED) is 0.584. The molecule has 0 aliphatic heterocycles. The second-order valence-corrected chi connectivity index (χ2v) is 4.81. The lowest BCUT2D eigenvalue weighted by atomic mass is 9.90. The van der Waals surface area contributed by atoms with E-state index in [0.29, 0.717) is 5.92 Å². The number of halogens is 1. The SMILES string of the molecule is Brc1cccc(N=CC2CCCCC2)n1. The molecular formula is C12H15BrN2. The van der Waals surface area contributed by atoms with Crippen LogP contribution >= 0.6 is 15.9 Å². The van der Waals surface area contributed by atoms with Crippen LogP contribution in [0.2, 0.25) is 0 Å². The van der Waals surface area contributed by atoms with Crippen molar-refractivity contribution in [3.63, 3.8) is 0 Å². The summed E-state index contributed by atoms with van der Waals surface area (Å²) in [5, 5.41) is 0. The van der Waals surface area contributed by atoms with Gasteiger partial charge in [0.25, 0.3) is 0 Å². The van der Waals surface area contributed by atoms with Crippen LogP contribution in [0.5, 0.6) is 0 Å². The molecule has 1 aliphatic rings. The van der Waals surface area contributed by atoms with Crippen LogP contribution < -0.4 is 0 Å². The van der Waals surface area contributed by atoms with Crippen LogP contribution in [0.25, 0.3) is 0 Å². The van der Waals surface area contributed by atoms with Crippen molar-refractivity contribution >= 4 is 28.0 Å². The highest BCUT2D eigenvalue weighted by Gasteiger charge is 2.10. The maximum Gasteiger partial charge on any atom is 0.152 e. The first-order chi connectivity index (χ1) is 7.34. The lowest BCUT2D eigenvalue weighted by Crippen LogP contribution is -2.06. The first kappa shape index (κ1) is 10.8. The second kappa shape index (κ2) is 5.40. The molecule has 0 atom stereocenters. The second-order valence-electron chi connectivity index (χ2n) is 3.99. The Kier molecular flexibility index (Phi) is 3.89. The van der Waals surface area contributed by atoms with Gasteiger partial charge in [0.15, 0.2) is 5.82 Å². The van der Waals surface area contributed by atoms with E-state index in [9.17, 15) is 0 Å². The Balaban J connectivity index is 1.97. The number of hydrogen-bond acceptors (Lipinski definition) is 2. The van der Waals surface area contributed by atoms with Crippen LogP contribution in [0.4, 0.5) is 5.82 Å². The van der Waals surface area contributed by atoms with Crippen molar-refractivity contribution in [2.24, 2.45) is 10.9 Å². The molecule has 0 aromatic carbocycles. The summed E-state index contributed by atoms with van der Waals surface area (Å²) in [4.78, 5) is 8.70. The van der Waals surface area contributed by atoms with E-state index in [4.69, 9.17) is 0 Å². The number of nitrogens with zero attached hydrogens (tertiary/aromatic N) is 2. The van der Waals surface area contributed by atoms with Crippen LogP contribution in [-0.4, -0.2) is 11.2 Å². The van der Waals surface area contributed by atoms with E-state index in [1.165, 1.54) is 32.1 Å². The molecule has 1 aromatic heterocycles. The Morgan fingerprint density at radius 1 is 1.27 bits per heavy atom. The largest absolute Gasteiger partial charge is 0.241 e. The zero-order valence-electron chi connectivity index (χ0n) is 8.69. The first-order valence-corrected chi connectivity index (χ1v) is 6.30. The van der Waals surface area contributed by atoms with Gasteiger partial charge < -0.3 is 0 Å². The molecule has 0 amide bonds. The van der Waals surface area contributed by atoms with Crippen LogP contribution in [0.15, 0.2) is 27.8 Å². The summed E-state index contributed by atoms with van der Waals surface area (Å²) in [6.45, 7) is 0. The maximum absolute atomic E-state index is 4.42. The summed E-state index contributed by atoms with van der Waals surface area (Å²) in [6.07, 6.45) is 8.74. The average Bonchev–Trinajstić information content (AvgIpc) is 2.28. The third-order valence-corrected chi connectivity index (χ3v) is 3.21. The molecule has 0 unspecified atom stereocenters. The highest BCUT2D eigenvalue weighted by molar-refractivity contribution is 9.10. The Labute approximate surface area is 99.0 Å². The van der Waals surface area contributed by atoms with Gasteiger partial charge in [-0.3, -0.25) is 0 Å². The fraction of sp³-hybridized carbons (Fsp3) is 0.500. The van der Waals surface area contributed by atoms with E-state index in [1.54, 1.807) is 0 Å². The van der Waals surface area contributed by atoms with Gasteiger partial charge in [-0.05, 0) is 46.8 Å². The average molecular weight is 267 g/mol. The fourth-order valence-corrected chi connectivity index (χ4v) is 2.27.